The summed E-state index contributed by atoms with van der Waals surface area (Å²) in [7, 11) is 1.67. The van der Waals surface area contributed by atoms with E-state index in [1.54, 1.807) is 7.11 Å². The summed E-state index contributed by atoms with van der Waals surface area (Å²) in [6.07, 6.45) is 2.37. The Morgan fingerprint density at radius 1 is 1.24 bits per heavy atom. The maximum atomic E-state index is 13.5. The number of nitrogens with zero attached hydrogens (tertiary/aromatic N) is 3. The van der Waals surface area contributed by atoms with Gasteiger partial charge >= 0.3 is 0 Å². The molecule has 29 heavy (non-hydrogen) atoms. The number of methoxy groups -OCH3 is 1. The topological polar surface area (TPSA) is 59.4 Å². The lowest BCUT2D eigenvalue weighted by Gasteiger charge is -2.36. The zero-order chi connectivity index (χ0) is 19.9. The van der Waals surface area contributed by atoms with Crippen molar-refractivity contribution in [2.45, 2.75) is 51.1 Å². The first-order valence-corrected chi connectivity index (χ1v) is 10.1. The molecule has 0 bridgehead atoms. The lowest BCUT2D eigenvalue weighted by Crippen LogP contribution is -2.49. The fourth-order valence-electron chi connectivity index (χ4n) is 4.02. The summed E-state index contributed by atoms with van der Waals surface area (Å²) in [6, 6.07) is 9.90. The lowest BCUT2D eigenvalue weighted by atomic mass is 10.0. The normalized spacial score (nSPS) is 19.6. The Labute approximate surface area is 179 Å². The van der Waals surface area contributed by atoms with Crippen LogP contribution in [0.15, 0.2) is 30.3 Å². The number of para-hydroxylation sites is 1. The fraction of sp³-hybridized carbons (Fsp3) is 0.545. The van der Waals surface area contributed by atoms with Gasteiger partial charge in [-0.1, -0.05) is 18.2 Å². The van der Waals surface area contributed by atoms with E-state index in [9.17, 15) is 4.79 Å². The van der Waals surface area contributed by atoms with Gasteiger partial charge in [-0.25, -0.2) is 0 Å². The van der Waals surface area contributed by atoms with Crippen molar-refractivity contribution in [3.63, 3.8) is 0 Å². The van der Waals surface area contributed by atoms with Crippen LogP contribution in [0.1, 0.15) is 67.3 Å². The molecule has 6 nitrogen and oxygen atoms in total. The molecule has 1 saturated heterocycles. The molecule has 1 amide bonds. The summed E-state index contributed by atoms with van der Waals surface area (Å²) < 4.78 is 7.61. The second kappa shape index (κ2) is 8.36. The number of hydrogen-bond acceptors (Lipinski definition) is 4. The summed E-state index contributed by atoms with van der Waals surface area (Å²) >= 11 is 0. The van der Waals surface area contributed by atoms with Gasteiger partial charge in [0, 0.05) is 36.8 Å². The Balaban J connectivity index is 0.00000240. The van der Waals surface area contributed by atoms with Crippen LogP contribution in [0.2, 0.25) is 0 Å². The number of benzene rings is 1. The lowest BCUT2D eigenvalue weighted by molar-refractivity contribution is 0.0624. The van der Waals surface area contributed by atoms with E-state index in [4.69, 9.17) is 9.84 Å². The van der Waals surface area contributed by atoms with E-state index in [0.29, 0.717) is 24.7 Å². The van der Waals surface area contributed by atoms with Gasteiger partial charge in [0.15, 0.2) is 5.69 Å². The van der Waals surface area contributed by atoms with E-state index >= 15 is 0 Å². The van der Waals surface area contributed by atoms with Gasteiger partial charge in [-0.15, -0.1) is 12.4 Å². The minimum atomic E-state index is -0.137. The Morgan fingerprint density at radius 3 is 2.62 bits per heavy atom. The van der Waals surface area contributed by atoms with Crippen molar-refractivity contribution in [1.29, 1.82) is 0 Å². The molecule has 158 valence electrons. The number of nitrogens with one attached hydrogen (secondary N) is 1. The van der Waals surface area contributed by atoms with Gasteiger partial charge in [-0.3, -0.25) is 9.48 Å². The molecule has 2 heterocycles. The van der Waals surface area contributed by atoms with E-state index in [1.807, 2.05) is 35.2 Å². The van der Waals surface area contributed by atoms with Crippen molar-refractivity contribution in [2.75, 3.05) is 26.7 Å². The van der Waals surface area contributed by atoms with Gasteiger partial charge in [0.05, 0.1) is 18.7 Å². The monoisotopic (exact) mass is 418 g/mol. The molecule has 1 N–H and O–H groups in total. The molecule has 4 rings (SSSR count). The highest BCUT2D eigenvalue weighted by Gasteiger charge is 2.36. The Hall–Kier alpha value is -2.05. The van der Waals surface area contributed by atoms with Crippen molar-refractivity contribution in [3.05, 3.63) is 47.3 Å². The van der Waals surface area contributed by atoms with Crippen LogP contribution in [0.4, 0.5) is 0 Å². The van der Waals surface area contributed by atoms with Gasteiger partial charge < -0.3 is 15.0 Å². The minimum absolute atomic E-state index is 0. The van der Waals surface area contributed by atoms with Crippen LogP contribution in [0, 0.1) is 0 Å². The number of rotatable bonds is 4. The predicted molar refractivity (Wildman–Crippen MR) is 116 cm³/mol. The van der Waals surface area contributed by atoms with Gasteiger partial charge in [-0.2, -0.15) is 5.10 Å². The largest absolute Gasteiger partial charge is 0.496 e. The molecular weight excluding hydrogens is 388 g/mol. The van der Waals surface area contributed by atoms with Crippen LogP contribution in [0.5, 0.6) is 5.75 Å². The van der Waals surface area contributed by atoms with Crippen LogP contribution in [-0.4, -0.2) is 47.3 Å². The number of halogens is 1. The first-order valence-electron chi connectivity index (χ1n) is 10.1. The summed E-state index contributed by atoms with van der Waals surface area (Å²) in [6.45, 7) is 8.57. The maximum Gasteiger partial charge on any atom is 0.274 e. The molecular formula is C22H31ClN4O2. The van der Waals surface area contributed by atoms with Crippen molar-refractivity contribution in [2.24, 2.45) is 0 Å². The third-order valence-electron chi connectivity index (χ3n) is 5.59. The van der Waals surface area contributed by atoms with E-state index < -0.39 is 0 Å². The average molecular weight is 419 g/mol. The molecule has 7 heteroatoms. The first-order chi connectivity index (χ1) is 13.4. The van der Waals surface area contributed by atoms with Gasteiger partial charge in [0.2, 0.25) is 0 Å². The van der Waals surface area contributed by atoms with Gasteiger partial charge in [0.25, 0.3) is 5.91 Å². The quantitative estimate of drug-likeness (QED) is 0.821. The standard InChI is InChI=1S/C22H30N4O2.ClH/c1-22(2,3)26-18(15-9-10-15)13-17(24-26)21(27)25-12-11-23-14-19(25)16-7-5-6-8-20(16)28-4;/h5-8,13,15,19,23H,9-12,14H2,1-4H3;1H. The number of carbonyl (C=O) groups excluding carboxylic acids is 1. The summed E-state index contributed by atoms with van der Waals surface area (Å²) in [5.74, 6) is 1.36. The van der Waals surface area contributed by atoms with Gasteiger partial charge in [0.1, 0.15) is 5.75 Å². The fourth-order valence-corrected chi connectivity index (χ4v) is 4.02. The minimum Gasteiger partial charge on any atom is -0.496 e. The number of aromatic nitrogens is 2. The SMILES string of the molecule is COc1ccccc1C1CNCCN1C(=O)c1cc(C2CC2)n(C(C)(C)C)n1.Cl. The average Bonchev–Trinajstić information content (AvgIpc) is 3.44. The number of hydrogen-bond donors (Lipinski definition) is 1. The highest BCUT2D eigenvalue weighted by molar-refractivity contribution is 5.93. The van der Waals surface area contributed by atoms with Crippen molar-refractivity contribution in [3.8, 4) is 5.75 Å². The van der Waals surface area contributed by atoms with E-state index in [0.717, 1.165) is 17.9 Å². The molecule has 1 unspecified atom stereocenters. The maximum absolute atomic E-state index is 13.5. The van der Waals surface area contributed by atoms with Crippen LogP contribution in [0.25, 0.3) is 0 Å². The third kappa shape index (κ3) is 4.28. The first kappa shape index (κ1) is 21.7. The van der Waals surface area contributed by atoms with Crippen LogP contribution < -0.4 is 10.1 Å². The molecule has 1 aliphatic carbocycles. The van der Waals surface area contributed by atoms with Crippen LogP contribution in [-0.2, 0) is 5.54 Å². The highest BCUT2D eigenvalue weighted by atomic mass is 35.5. The second-order valence-corrected chi connectivity index (χ2v) is 8.77. The summed E-state index contributed by atoms with van der Waals surface area (Å²) in [4.78, 5) is 15.4. The van der Waals surface area contributed by atoms with Crippen molar-refractivity contribution < 1.29 is 9.53 Å². The van der Waals surface area contributed by atoms with Gasteiger partial charge in [-0.05, 0) is 45.7 Å². The predicted octanol–water partition coefficient (Wildman–Crippen LogP) is 3.73. The molecule has 1 aromatic carbocycles. The molecule has 1 atom stereocenters. The smallest absolute Gasteiger partial charge is 0.274 e. The summed E-state index contributed by atoms with van der Waals surface area (Å²) in [5.41, 5.74) is 2.64. The molecule has 1 aliphatic heterocycles. The molecule has 1 saturated carbocycles. The van der Waals surface area contributed by atoms with Crippen molar-refractivity contribution in [1.82, 2.24) is 20.0 Å². The molecule has 2 aliphatic rings. The summed E-state index contributed by atoms with van der Waals surface area (Å²) in [5, 5.41) is 8.18. The molecule has 0 radical (unpaired) electrons. The third-order valence-corrected chi connectivity index (χ3v) is 5.59. The van der Waals surface area contributed by atoms with Crippen LogP contribution in [0.3, 0.4) is 0 Å². The molecule has 0 spiro atoms. The molecule has 1 aromatic heterocycles. The highest BCUT2D eigenvalue weighted by Crippen LogP contribution is 2.42. The number of amides is 1. The zero-order valence-electron chi connectivity index (χ0n) is 17.6. The Bertz CT molecular complexity index is 870. The number of piperazine rings is 1. The van der Waals surface area contributed by atoms with Crippen molar-refractivity contribution >= 4 is 18.3 Å². The van der Waals surface area contributed by atoms with E-state index in [2.05, 4.69) is 30.8 Å². The van der Waals surface area contributed by atoms with E-state index in [-0.39, 0.29) is 29.9 Å². The number of ether oxygens (including phenoxy) is 1. The number of carbonyl (C=O) groups is 1. The zero-order valence-corrected chi connectivity index (χ0v) is 18.5. The molecule has 2 aromatic rings. The second-order valence-electron chi connectivity index (χ2n) is 8.77. The van der Waals surface area contributed by atoms with Crippen LogP contribution >= 0.6 is 12.4 Å². The Kier molecular flexibility index (Phi) is 6.24. The molecule has 2 fully saturated rings. The van der Waals surface area contributed by atoms with E-state index in [1.165, 1.54) is 18.5 Å². The Morgan fingerprint density at radius 2 is 1.97 bits per heavy atom.